The van der Waals surface area contributed by atoms with Gasteiger partial charge in [0.2, 0.25) is 0 Å². The van der Waals surface area contributed by atoms with E-state index < -0.39 is 31.4 Å². The van der Waals surface area contributed by atoms with Gasteiger partial charge in [0.1, 0.15) is 12.4 Å². The van der Waals surface area contributed by atoms with Gasteiger partial charge in [0, 0.05) is 60.1 Å². The van der Waals surface area contributed by atoms with Gasteiger partial charge >= 0.3 is 14.0 Å². The summed E-state index contributed by atoms with van der Waals surface area (Å²) in [7, 11) is -0.0387. The van der Waals surface area contributed by atoms with Gasteiger partial charge in [-0.3, -0.25) is 32.5 Å². The average Bonchev–Trinajstić information content (AvgIpc) is 3.83. The molecule has 2 amide bonds. The van der Waals surface area contributed by atoms with Crippen LogP contribution in [0.25, 0.3) is 11.3 Å². The van der Waals surface area contributed by atoms with E-state index in [1.54, 1.807) is 35.0 Å². The second-order valence-electron chi connectivity index (χ2n) is 12.1. The highest BCUT2D eigenvalue weighted by Crippen LogP contribution is 2.47. The number of fused-ring (bicyclic) bond motifs is 3. The molecule has 17 heteroatoms. The largest absolute Gasteiger partial charge is 0.475 e. The highest BCUT2D eigenvalue weighted by atomic mass is 79.9. The molecule has 1 aliphatic carbocycles. The Balaban J connectivity index is 1.36. The lowest BCUT2D eigenvalue weighted by Crippen LogP contribution is -2.40. The average molecular weight is 779 g/mol. The van der Waals surface area contributed by atoms with Gasteiger partial charge in [-0.25, -0.2) is 9.08 Å². The minimum Gasteiger partial charge on any atom is -0.318 e. The Labute approximate surface area is 292 Å². The Morgan fingerprint density at radius 1 is 1.10 bits per heavy atom. The fourth-order valence-electron chi connectivity index (χ4n) is 5.83. The maximum atomic E-state index is 14.3. The number of phosphoric ester groups is 1. The van der Waals surface area contributed by atoms with Gasteiger partial charge < -0.3 is 9.80 Å². The Morgan fingerprint density at radius 2 is 1.76 bits per heavy atom. The third-order valence-corrected chi connectivity index (χ3v) is 10.7. The van der Waals surface area contributed by atoms with E-state index in [-0.39, 0.29) is 46.6 Å². The number of amides is 2. The molecule has 0 saturated heterocycles. The van der Waals surface area contributed by atoms with Crippen molar-refractivity contribution in [3.8, 4) is 5.69 Å². The van der Waals surface area contributed by atoms with Crippen molar-refractivity contribution in [3.05, 3.63) is 109 Å². The van der Waals surface area contributed by atoms with E-state index in [1.807, 2.05) is 0 Å². The molecule has 264 valence electrons. The second kappa shape index (κ2) is 13.6. The highest BCUT2D eigenvalue weighted by molar-refractivity contribution is 9.10. The van der Waals surface area contributed by atoms with Crippen LogP contribution in [0.4, 0.5) is 13.2 Å². The van der Waals surface area contributed by atoms with Crippen molar-refractivity contribution < 1.29 is 40.9 Å². The molecular formula is C33H32BrF3N5O7P. The molecule has 12 nitrogen and oxygen atoms in total. The molecule has 0 spiro atoms. The van der Waals surface area contributed by atoms with E-state index in [2.05, 4.69) is 27.6 Å². The summed E-state index contributed by atoms with van der Waals surface area (Å²) in [4.78, 5) is 43.5. The molecule has 2 aromatic carbocycles. The van der Waals surface area contributed by atoms with Gasteiger partial charge in [-0.1, -0.05) is 22.5 Å². The Kier molecular flexibility index (Phi) is 9.70. The Morgan fingerprint density at radius 3 is 2.38 bits per heavy atom. The fourth-order valence-corrected chi connectivity index (χ4v) is 6.97. The number of alkyl halides is 3. The topological polar surface area (TPSA) is 125 Å². The van der Waals surface area contributed by atoms with Crippen LogP contribution in [0.2, 0.25) is 0 Å². The molecule has 0 unspecified atom stereocenters. The molecule has 0 atom stereocenters. The third kappa shape index (κ3) is 6.82. The van der Waals surface area contributed by atoms with Crippen LogP contribution in [0.15, 0.2) is 70.2 Å². The van der Waals surface area contributed by atoms with Gasteiger partial charge in [0.25, 0.3) is 17.4 Å². The fraction of sp³-hybridized carbons (Fsp3) is 0.333. The maximum Gasteiger partial charge on any atom is 0.475 e. The molecule has 50 heavy (non-hydrogen) atoms. The monoisotopic (exact) mass is 777 g/mol. The number of benzene rings is 2. The van der Waals surface area contributed by atoms with Crippen molar-refractivity contribution >= 4 is 41.2 Å². The number of halogens is 4. The molecular weight excluding hydrogens is 746 g/mol. The van der Waals surface area contributed by atoms with Crippen molar-refractivity contribution in [2.24, 2.45) is 5.92 Å². The molecule has 1 saturated carbocycles. The maximum absolute atomic E-state index is 14.3. The van der Waals surface area contributed by atoms with Crippen LogP contribution in [0.5, 0.6) is 0 Å². The predicted molar refractivity (Wildman–Crippen MR) is 179 cm³/mol. The zero-order chi connectivity index (χ0) is 36.1. The molecule has 3 heterocycles. The molecule has 2 aromatic heterocycles. The van der Waals surface area contributed by atoms with Crippen LogP contribution in [-0.2, 0) is 43.7 Å². The highest BCUT2D eigenvalue weighted by Gasteiger charge is 2.36. The van der Waals surface area contributed by atoms with Crippen LogP contribution < -0.4 is 5.56 Å². The van der Waals surface area contributed by atoms with Gasteiger partial charge in [-0.15, -0.1) is 0 Å². The summed E-state index contributed by atoms with van der Waals surface area (Å²) < 4.78 is 70.7. The van der Waals surface area contributed by atoms with Crippen molar-refractivity contribution in [2.75, 3.05) is 28.0 Å². The minimum absolute atomic E-state index is 0.0511. The van der Waals surface area contributed by atoms with Gasteiger partial charge in [-0.05, 0) is 67.6 Å². The van der Waals surface area contributed by atoms with Crippen LogP contribution in [0.1, 0.15) is 55.9 Å². The number of rotatable bonds is 10. The number of hydrogen-bond acceptors (Lipinski definition) is 8. The molecule has 0 bridgehead atoms. The predicted octanol–water partition coefficient (Wildman–Crippen LogP) is 6.38. The van der Waals surface area contributed by atoms with Gasteiger partial charge in [0.05, 0.1) is 29.7 Å². The standard InChI is InChI=1S/C33H32BrF3N5O7P/c1-19-13-25-28(17-40(19)31(44)22-9-12-27(34)26(15-22)33(35,36)37)42-29(23(16-38-42)14-20-5-6-20)41(32(25)45)24-10-7-21(8-11-24)30(43)39(2)18-49-50(46,47-3)48-4/h7-12,15-16,20H,1,5-6,13-14,17-18H2,2-4H3. The van der Waals surface area contributed by atoms with Crippen LogP contribution in [-0.4, -0.2) is 63.8 Å². The minimum atomic E-state index is -4.68. The summed E-state index contributed by atoms with van der Waals surface area (Å²) in [6, 6.07) is 9.61. The molecule has 0 N–H and O–H groups in total. The van der Waals surface area contributed by atoms with Crippen molar-refractivity contribution in [1.82, 2.24) is 24.0 Å². The number of nitrogens with zero attached hydrogens (tertiary/aromatic N) is 5. The van der Waals surface area contributed by atoms with E-state index >= 15 is 0 Å². The number of phosphoric acid groups is 1. The molecule has 1 aliphatic heterocycles. The number of carbonyl (C=O) groups excluding carboxylic acids is 2. The number of allylic oxidation sites excluding steroid dienone is 1. The first-order valence-electron chi connectivity index (χ1n) is 15.4. The van der Waals surface area contributed by atoms with E-state index in [0.717, 1.165) is 38.7 Å². The van der Waals surface area contributed by atoms with Crippen LogP contribution in [0, 0.1) is 5.92 Å². The molecule has 6 rings (SSSR count). The summed E-state index contributed by atoms with van der Waals surface area (Å²) >= 11 is 2.91. The van der Waals surface area contributed by atoms with Gasteiger partial charge in [-0.2, -0.15) is 18.3 Å². The number of aromatic nitrogens is 3. The van der Waals surface area contributed by atoms with E-state index in [1.165, 1.54) is 33.5 Å². The third-order valence-electron chi connectivity index (χ3n) is 8.71. The first kappa shape index (κ1) is 35.7. The normalized spacial score (nSPS) is 15.0. The SMILES string of the molecule is C=C1Cc2c(n3ncc(CC4CC4)c3n(-c3ccc(C(=O)N(C)COP(=O)(OC)OC)cc3)c2=O)CN1C(=O)c1ccc(Br)c(C(F)(F)F)c1. The van der Waals surface area contributed by atoms with Crippen molar-refractivity contribution in [1.29, 1.82) is 0 Å². The van der Waals surface area contributed by atoms with E-state index in [4.69, 9.17) is 13.6 Å². The van der Waals surface area contributed by atoms with Crippen LogP contribution >= 0.6 is 23.8 Å². The van der Waals surface area contributed by atoms with Crippen LogP contribution in [0.3, 0.4) is 0 Å². The molecule has 2 aliphatic rings. The second-order valence-corrected chi connectivity index (χ2v) is 14.8. The summed E-state index contributed by atoms with van der Waals surface area (Å²) in [6.45, 7) is 3.49. The van der Waals surface area contributed by atoms with Gasteiger partial charge in [0.15, 0.2) is 0 Å². The lowest BCUT2D eigenvalue weighted by molar-refractivity contribution is -0.138. The number of carbonyl (C=O) groups is 2. The first-order chi connectivity index (χ1) is 23.7. The summed E-state index contributed by atoms with van der Waals surface area (Å²) in [6.07, 6.45) is -0.287. The summed E-state index contributed by atoms with van der Waals surface area (Å²) in [5.74, 6) is -0.708. The van der Waals surface area contributed by atoms with Crippen molar-refractivity contribution in [3.63, 3.8) is 0 Å². The quantitative estimate of drug-likeness (QED) is 0.134. The molecule has 0 radical (unpaired) electrons. The summed E-state index contributed by atoms with van der Waals surface area (Å²) in [5, 5.41) is 4.63. The molecule has 1 fully saturated rings. The first-order valence-corrected chi connectivity index (χ1v) is 17.6. The number of hydrogen-bond donors (Lipinski definition) is 0. The zero-order valence-corrected chi connectivity index (χ0v) is 29.7. The summed E-state index contributed by atoms with van der Waals surface area (Å²) in [5.41, 5.74) is 1.49. The smallest absolute Gasteiger partial charge is 0.318 e. The lowest BCUT2D eigenvalue weighted by Gasteiger charge is -2.31. The Hall–Kier alpha value is -4.08. The van der Waals surface area contributed by atoms with E-state index in [9.17, 15) is 32.1 Å². The van der Waals surface area contributed by atoms with E-state index in [0.29, 0.717) is 34.9 Å². The molecule has 4 aromatic rings. The Bertz CT molecular complexity index is 2120. The lowest BCUT2D eigenvalue weighted by atomic mass is 10.0. The van der Waals surface area contributed by atoms with Crippen molar-refractivity contribution in [2.45, 2.75) is 38.4 Å². The zero-order valence-electron chi connectivity index (χ0n) is 27.2.